The highest BCUT2D eigenvalue weighted by Gasteiger charge is 2.50. The maximum Gasteiger partial charge on any atom is 0.187 e. The van der Waals surface area contributed by atoms with Crippen molar-refractivity contribution in [3.63, 3.8) is 0 Å². The molecular weight excluding hydrogens is 741 g/mol. The Morgan fingerprint density at radius 3 is 1.41 bits per heavy atom. The largest absolute Gasteiger partial charge is 0.238 e. The van der Waals surface area contributed by atoms with Crippen molar-refractivity contribution in [1.82, 2.24) is 15.0 Å². The Morgan fingerprint density at radius 1 is 0.328 bits per heavy atom. The maximum atomic E-state index is 7.73. The third kappa shape index (κ3) is 5.35. The Bertz CT molecular complexity index is 3360. The van der Waals surface area contributed by atoms with Gasteiger partial charge in [-0.2, -0.15) is 0 Å². The Morgan fingerprint density at radius 2 is 0.770 bits per heavy atom. The van der Waals surface area contributed by atoms with Gasteiger partial charge in [0.05, 0.1) is 12.0 Å². The van der Waals surface area contributed by atoms with Gasteiger partial charge in [-0.1, -0.05) is 188 Å². The lowest BCUT2D eigenvalue weighted by molar-refractivity contribution is 0.774. The minimum absolute atomic E-state index is 0.592. The zero-order valence-corrected chi connectivity index (χ0v) is 32.9. The first-order chi connectivity index (χ1) is 30.2. The van der Waals surface area contributed by atoms with Gasteiger partial charge in [0.1, 0.15) is 0 Å². The summed E-state index contributed by atoms with van der Waals surface area (Å²) < 4.78 is 0. The zero-order valence-electron chi connectivity index (χ0n) is 32.9. The molecule has 12 rings (SSSR count). The average molecular weight is 775 g/mol. The van der Waals surface area contributed by atoms with E-state index in [1.807, 2.05) is 78.9 Å². The van der Waals surface area contributed by atoms with E-state index >= 15 is 0 Å². The van der Waals surface area contributed by atoms with Crippen LogP contribution in [0.25, 0.3) is 94.3 Å². The molecule has 4 nitrogen and oxygen atoms in total. The number of rotatable bonds is 5. The van der Waals surface area contributed by atoms with Crippen molar-refractivity contribution in [3.05, 3.63) is 240 Å². The van der Waals surface area contributed by atoms with Crippen molar-refractivity contribution in [2.75, 3.05) is 0 Å². The molecule has 282 valence electrons. The van der Waals surface area contributed by atoms with Gasteiger partial charge in [0.2, 0.25) is 0 Å². The van der Waals surface area contributed by atoms with Crippen molar-refractivity contribution in [1.29, 1.82) is 0 Å². The number of aromatic nitrogens is 3. The highest BCUT2D eigenvalue weighted by atomic mass is 15.0. The molecule has 4 heteroatoms. The van der Waals surface area contributed by atoms with Gasteiger partial charge in [-0.05, 0) is 95.7 Å². The van der Waals surface area contributed by atoms with E-state index < -0.39 is 5.41 Å². The summed E-state index contributed by atoms with van der Waals surface area (Å²) in [6.07, 6.45) is 0. The third-order valence-electron chi connectivity index (χ3n) is 12.6. The zero-order chi connectivity index (χ0) is 40.5. The van der Waals surface area contributed by atoms with Crippen LogP contribution >= 0.6 is 0 Å². The van der Waals surface area contributed by atoms with Gasteiger partial charge in [-0.15, -0.1) is 0 Å². The summed E-state index contributed by atoms with van der Waals surface area (Å²) in [6, 6.07) is 73.1. The summed E-state index contributed by atoms with van der Waals surface area (Å²) in [5.74, 6) is 1.91. The first-order valence-corrected chi connectivity index (χ1v) is 20.5. The maximum absolute atomic E-state index is 7.73. The Hall–Kier alpha value is -8.26. The molecule has 9 aromatic carbocycles. The molecule has 0 N–H and O–H groups in total. The van der Waals surface area contributed by atoms with Crippen molar-refractivity contribution < 1.29 is 0 Å². The fourth-order valence-corrected chi connectivity index (χ4v) is 9.84. The molecule has 0 fully saturated rings. The molecule has 1 unspecified atom stereocenters. The van der Waals surface area contributed by atoms with Crippen LogP contribution in [0.2, 0.25) is 0 Å². The summed E-state index contributed by atoms with van der Waals surface area (Å²) in [5, 5.41) is 2.52. The smallest absolute Gasteiger partial charge is 0.187 e. The van der Waals surface area contributed by atoms with Gasteiger partial charge >= 0.3 is 0 Å². The van der Waals surface area contributed by atoms with Gasteiger partial charge < -0.3 is 0 Å². The molecule has 0 radical (unpaired) electrons. The number of fused-ring (bicyclic) bond motifs is 9. The lowest BCUT2D eigenvalue weighted by Crippen LogP contribution is -2.31. The molecule has 1 atom stereocenters. The van der Waals surface area contributed by atoms with Crippen molar-refractivity contribution in [3.8, 4) is 78.7 Å². The highest BCUT2D eigenvalue weighted by molar-refractivity contribution is 6.07. The number of nitrogens with zero attached hydrogens (tertiary/aromatic N) is 4. The fraction of sp³-hybridized carbons (Fsp3) is 0.0175. The molecule has 1 spiro atoms. The van der Waals surface area contributed by atoms with E-state index in [9.17, 15) is 0 Å². The van der Waals surface area contributed by atoms with Crippen molar-refractivity contribution in [2.45, 2.75) is 5.41 Å². The quantitative estimate of drug-likeness (QED) is 0.164. The summed E-state index contributed by atoms with van der Waals surface area (Å²) in [6.45, 7) is 7.73. The molecule has 0 amide bonds. The standard InChI is InChI=1S/C57H34N4/c1-58-44-20-10-19-41(33-44)43-30-32-47-46-31-29-42(34-51(46)57(52(47)35-43)49-23-9-8-21-45(49)48-22-11-17-37-18-12-24-50(57)53(37)48)36-25-27-40(28-26-36)56-60-54(38-13-4-2-5-14-38)59-55(61-56)39-15-6-3-7-16-39/h2-35H. The summed E-state index contributed by atoms with van der Waals surface area (Å²) in [5.41, 5.74) is 17.3. The average Bonchev–Trinajstić information content (AvgIpc) is 3.63. The molecule has 1 heterocycles. The lowest BCUT2D eigenvalue weighted by atomic mass is 9.61. The summed E-state index contributed by atoms with van der Waals surface area (Å²) in [4.78, 5) is 18.6. The Balaban J connectivity index is 1.04. The van der Waals surface area contributed by atoms with Crippen LogP contribution in [0.15, 0.2) is 206 Å². The molecule has 61 heavy (non-hydrogen) atoms. The Kier molecular flexibility index (Phi) is 7.78. The van der Waals surface area contributed by atoms with Gasteiger partial charge in [0, 0.05) is 16.7 Å². The van der Waals surface area contributed by atoms with Crippen LogP contribution in [0.4, 0.5) is 5.69 Å². The predicted octanol–water partition coefficient (Wildman–Crippen LogP) is 14.3. The van der Waals surface area contributed by atoms with Crippen LogP contribution < -0.4 is 0 Å². The van der Waals surface area contributed by atoms with E-state index in [2.05, 4.69) is 132 Å². The molecule has 2 aliphatic rings. The van der Waals surface area contributed by atoms with Gasteiger partial charge in [0.25, 0.3) is 0 Å². The SMILES string of the molecule is [C-]#[N+]c1cccc(-c2ccc3c(c2)C2(c4cc(-c5ccc(-c6nc(-c7ccccc7)nc(-c7ccccc7)n6)cc5)ccc4-3)c3ccccc3-c3cccc4cccc2c34)c1. The number of benzene rings is 9. The van der Waals surface area contributed by atoms with E-state index in [4.69, 9.17) is 21.5 Å². The molecule has 0 saturated carbocycles. The predicted molar refractivity (Wildman–Crippen MR) is 247 cm³/mol. The molecule has 2 aliphatic carbocycles. The van der Waals surface area contributed by atoms with E-state index in [1.54, 1.807) is 0 Å². The van der Waals surface area contributed by atoms with Crippen LogP contribution in [0.1, 0.15) is 22.3 Å². The van der Waals surface area contributed by atoms with Crippen LogP contribution in [-0.2, 0) is 5.41 Å². The van der Waals surface area contributed by atoms with Crippen LogP contribution in [0.5, 0.6) is 0 Å². The summed E-state index contributed by atoms with van der Waals surface area (Å²) in [7, 11) is 0. The van der Waals surface area contributed by atoms with Crippen molar-refractivity contribution >= 4 is 16.5 Å². The molecular formula is C57H34N4. The van der Waals surface area contributed by atoms with Gasteiger partial charge in [-0.3, -0.25) is 0 Å². The third-order valence-corrected chi connectivity index (χ3v) is 12.6. The van der Waals surface area contributed by atoms with E-state index in [0.717, 1.165) is 38.9 Å². The molecule has 10 aromatic rings. The van der Waals surface area contributed by atoms with Crippen LogP contribution in [-0.4, -0.2) is 15.0 Å². The Labute approximate surface area is 354 Å². The monoisotopic (exact) mass is 774 g/mol. The van der Waals surface area contributed by atoms with Crippen LogP contribution in [0, 0.1) is 6.57 Å². The highest BCUT2D eigenvalue weighted by Crippen LogP contribution is 2.62. The summed E-state index contributed by atoms with van der Waals surface area (Å²) >= 11 is 0. The second-order valence-corrected chi connectivity index (χ2v) is 15.8. The molecule has 0 saturated heterocycles. The molecule has 0 aliphatic heterocycles. The first kappa shape index (κ1) is 34.8. The van der Waals surface area contributed by atoms with Crippen LogP contribution in [0.3, 0.4) is 0 Å². The lowest BCUT2D eigenvalue weighted by Gasteiger charge is -2.40. The number of hydrogen-bond acceptors (Lipinski definition) is 3. The normalized spacial score (nSPS) is 14.3. The second kappa shape index (κ2) is 13.7. The van der Waals surface area contributed by atoms with E-state index in [1.165, 1.54) is 55.3 Å². The first-order valence-electron chi connectivity index (χ1n) is 20.5. The minimum Gasteiger partial charge on any atom is -0.238 e. The minimum atomic E-state index is -0.592. The van der Waals surface area contributed by atoms with E-state index in [0.29, 0.717) is 23.2 Å². The molecule has 0 bridgehead atoms. The van der Waals surface area contributed by atoms with E-state index in [-0.39, 0.29) is 0 Å². The van der Waals surface area contributed by atoms with Crippen molar-refractivity contribution in [2.24, 2.45) is 0 Å². The topological polar surface area (TPSA) is 43.0 Å². The van der Waals surface area contributed by atoms with Gasteiger partial charge in [-0.25, -0.2) is 19.8 Å². The number of hydrogen-bond donors (Lipinski definition) is 0. The second-order valence-electron chi connectivity index (χ2n) is 15.8. The molecule has 1 aromatic heterocycles. The fourth-order valence-electron chi connectivity index (χ4n) is 9.84. The van der Waals surface area contributed by atoms with Gasteiger partial charge in [0.15, 0.2) is 23.2 Å².